The van der Waals surface area contributed by atoms with Gasteiger partial charge in [0.1, 0.15) is 19.8 Å². The number of hydrogen-bond donors (Lipinski definition) is 0. The van der Waals surface area contributed by atoms with Crippen LogP contribution >= 0.6 is 7.82 Å². The molecule has 0 rings (SSSR count). The monoisotopic (exact) mass is 1160 g/mol. The third kappa shape index (κ3) is 65.3. The largest absolute Gasteiger partial charge is 0.756 e. The lowest BCUT2D eigenvalue weighted by molar-refractivity contribution is -0.870. The predicted molar refractivity (Wildman–Crippen MR) is 351 cm³/mol. The Morgan fingerprint density at radius 2 is 0.659 bits per heavy atom. The topological polar surface area (TPSA) is 111 Å². The van der Waals surface area contributed by atoms with Crippen molar-refractivity contribution in [3.8, 4) is 0 Å². The summed E-state index contributed by atoms with van der Waals surface area (Å²) in [7, 11) is 1.15. The Balaban J connectivity index is 4.08. The van der Waals surface area contributed by atoms with E-state index in [1.165, 1.54) is 103 Å². The number of phosphoric ester groups is 1. The van der Waals surface area contributed by atoms with Gasteiger partial charge in [0.2, 0.25) is 0 Å². The molecular weight excluding hydrogens is 1040 g/mol. The molecule has 0 aromatic carbocycles. The van der Waals surface area contributed by atoms with Gasteiger partial charge in [0.05, 0.1) is 27.7 Å². The first-order valence-electron chi connectivity index (χ1n) is 32.9. The van der Waals surface area contributed by atoms with E-state index in [2.05, 4.69) is 148 Å². The molecule has 2 unspecified atom stereocenters. The van der Waals surface area contributed by atoms with E-state index in [-0.39, 0.29) is 26.1 Å². The van der Waals surface area contributed by atoms with Crippen molar-refractivity contribution in [2.24, 2.45) is 0 Å². The molecule has 0 saturated carbocycles. The predicted octanol–water partition coefficient (Wildman–Crippen LogP) is 20.6. The number of likely N-dealkylation sites (N-methyl/N-ethyl adjacent to an activating group) is 1. The average Bonchev–Trinajstić information content (AvgIpc) is 3.46. The second-order valence-corrected chi connectivity index (χ2v) is 24.1. The van der Waals surface area contributed by atoms with Crippen LogP contribution in [0.1, 0.15) is 258 Å². The van der Waals surface area contributed by atoms with E-state index in [4.69, 9.17) is 18.5 Å². The number of rotatable bonds is 59. The van der Waals surface area contributed by atoms with Gasteiger partial charge in [0.25, 0.3) is 7.82 Å². The van der Waals surface area contributed by atoms with Crippen LogP contribution in [0.3, 0.4) is 0 Å². The molecule has 0 aromatic rings. The molecule has 0 fully saturated rings. The quantitative estimate of drug-likeness (QED) is 0.0195. The minimum atomic E-state index is -4.65. The first-order valence-corrected chi connectivity index (χ1v) is 34.4. The lowest BCUT2D eigenvalue weighted by Gasteiger charge is -2.28. The highest BCUT2D eigenvalue weighted by atomic mass is 31.2. The van der Waals surface area contributed by atoms with Crippen LogP contribution in [0.15, 0.2) is 134 Å². The van der Waals surface area contributed by atoms with Crippen LogP contribution in [0.2, 0.25) is 0 Å². The van der Waals surface area contributed by atoms with Crippen molar-refractivity contribution in [3.63, 3.8) is 0 Å². The maximum Gasteiger partial charge on any atom is 0.306 e. The van der Waals surface area contributed by atoms with Crippen molar-refractivity contribution < 1.29 is 42.1 Å². The van der Waals surface area contributed by atoms with Crippen molar-refractivity contribution in [1.29, 1.82) is 0 Å². The number of allylic oxidation sites excluding steroid dienone is 22. The van der Waals surface area contributed by atoms with Crippen molar-refractivity contribution in [2.75, 3.05) is 47.5 Å². The van der Waals surface area contributed by atoms with Crippen molar-refractivity contribution in [3.05, 3.63) is 134 Å². The molecule has 0 bridgehead atoms. The summed E-state index contributed by atoms with van der Waals surface area (Å²) in [4.78, 5) is 38.0. The van der Waals surface area contributed by atoms with Crippen molar-refractivity contribution in [1.82, 2.24) is 0 Å². The fourth-order valence-electron chi connectivity index (χ4n) is 8.69. The van der Waals surface area contributed by atoms with E-state index in [0.717, 1.165) is 122 Å². The standard InChI is InChI=1S/C72H122NO8P/c1-6-8-10-12-14-16-18-20-22-24-26-28-29-30-31-32-33-34-35-36-37-38-39-40-41-42-43-45-47-49-51-53-55-57-59-61-63-65-72(75)81-70(69-80-82(76,77)79-67-66-73(3,4)5)68-78-71(74)64-62-60-58-56-54-52-50-48-46-44-27-25-23-21-19-17-15-13-11-9-7-2/h8-11,14-17,20-23,26-28,30-31,33-34,36-37,44,70H,6-7,12-13,18-19,24-25,29,32,35,38-43,45-69H2,1-5H3/b10-8-,11-9-,16-14-,17-15-,22-20-,23-21-,28-26-,31-30-,34-33-,37-36-,44-27-. The lowest BCUT2D eigenvalue weighted by Crippen LogP contribution is -2.37. The van der Waals surface area contributed by atoms with E-state index < -0.39 is 32.5 Å². The third-order valence-corrected chi connectivity index (χ3v) is 14.6. The van der Waals surface area contributed by atoms with Gasteiger partial charge < -0.3 is 27.9 Å². The average molecular weight is 1160 g/mol. The van der Waals surface area contributed by atoms with Gasteiger partial charge >= 0.3 is 11.9 Å². The highest BCUT2D eigenvalue weighted by Gasteiger charge is 2.22. The second kappa shape index (κ2) is 61.7. The van der Waals surface area contributed by atoms with Gasteiger partial charge in [-0.2, -0.15) is 0 Å². The van der Waals surface area contributed by atoms with Crippen LogP contribution in [0, 0.1) is 0 Å². The van der Waals surface area contributed by atoms with Crippen LogP contribution < -0.4 is 4.89 Å². The number of nitrogens with zero attached hydrogens (tertiary/aromatic N) is 1. The zero-order valence-corrected chi connectivity index (χ0v) is 54.0. The molecule has 0 aliphatic rings. The summed E-state index contributed by atoms with van der Waals surface area (Å²) >= 11 is 0. The highest BCUT2D eigenvalue weighted by molar-refractivity contribution is 7.45. The number of unbranched alkanes of at least 4 members (excludes halogenated alkanes) is 23. The van der Waals surface area contributed by atoms with Gasteiger partial charge in [-0.05, 0) is 109 Å². The Labute approximate surface area is 504 Å². The van der Waals surface area contributed by atoms with Gasteiger partial charge in [0, 0.05) is 12.8 Å². The molecule has 0 spiro atoms. The molecule has 0 heterocycles. The Kier molecular flexibility index (Phi) is 58.8. The lowest BCUT2D eigenvalue weighted by atomic mass is 10.0. The van der Waals surface area contributed by atoms with Gasteiger partial charge in [0.15, 0.2) is 6.10 Å². The summed E-state index contributed by atoms with van der Waals surface area (Å²) in [5, 5.41) is 0. The number of esters is 2. The van der Waals surface area contributed by atoms with Gasteiger partial charge in [-0.3, -0.25) is 14.2 Å². The summed E-state index contributed by atoms with van der Waals surface area (Å²) in [5.41, 5.74) is 0. The molecule has 2 atom stereocenters. The molecule has 0 aliphatic carbocycles. The van der Waals surface area contributed by atoms with Crippen molar-refractivity contribution >= 4 is 19.8 Å². The number of phosphoric acid groups is 1. The smallest absolute Gasteiger partial charge is 0.306 e. The minimum Gasteiger partial charge on any atom is -0.756 e. The van der Waals surface area contributed by atoms with E-state index >= 15 is 0 Å². The summed E-state index contributed by atoms with van der Waals surface area (Å²) < 4.78 is 34.2. The minimum absolute atomic E-state index is 0.0377. The molecule has 0 radical (unpaired) electrons. The molecule has 0 amide bonds. The fourth-order valence-corrected chi connectivity index (χ4v) is 9.42. The molecule has 0 aromatic heterocycles. The Bertz CT molecular complexity index is 1850. The van der Waals surface area contributed by atoms with E-state index in [1.807, 2.05) is 21.1 Å². The van der Waals surface area contributed by atoms with E-state index in [0.29, 0.717) is 17.4 Å². The number of carbonyl (C=O) groups excluding carboxylic acids is 2. The zero-order valence-electron chi connectivity index (χ0n) is 53.1. The first-order chi connectivity index (χ1) is 40.0. The molecule has 0 saturated heterocycles. The molecule has 10 heteroatoms. The highest BCUT2D eigenvalue weighted by Crippen LogP contribution is 2.38. The number of ether oxygens (including phenoxy) is 2. The van der Waals surface area contributed by atoms with Gasteiger partial charge in [-0.15, -0.1) is 0 Å². The molecular formula is C72H122NO8P. The molecule has 82 heavy (non-hydrogen) atoms. The number of carbonyl (C=O) groups is 2. The summed E-state index contributed by atoms with van der Waals surface area (Å²) in [6, 6.07) is 0. The summed E-state index contributed by atoms with van der Waals surface area (Å²) in [5.74, 6) is -0.845. The molecule has 0 aliphatic heterocycles. The SMILES string of the molecule is CC/C=C\C/C=C\C/C=C\C/C=C\C/C=C\C/C=C\C/C=C\CCCCCCCCCCCCCCCCCC(=O)OC(COC(=O)CCCCCCCCCC/C=C\C/C=C\C/C=C\C/C=C\CC)COP(=O)([O-])OCC[N+](C)(C)C. The zero-order chi connectivity index (χ0) is 59.8. The van der Waals surface area contributed by atoms with Crippen molar-refractivity contribution in [2.45, 2.75) is 264 Å². The Morgan fingerprint density at radius 1 is 0.378 bits per heavy atom. The fraction of sp³-hybridized carbons (Fsp3) is 0.667. The second-order valence-electron chi connectivity index (χ2n) is 22.7. The van der Waals surface area contributed by atoms with E-state index in [1.54, 1.807) is 0 Å². The van der Waals surface area contributed by atoms with Crippen LogP contribution in [0.5, 0.6) is 0 Å². The number of quaternary nitrogens is 1. The first kappa shape index (κ1) is 78.1. The van der Waals surface area contributed by atoms with E-state index in [9.17, 15) is 19.0 Å². The van der Waals surface area contributed by atoms with Crippen LogP contribution in [-0.4, -0.2) is 70.0 Å². The maximum atomic E-state index is 12.8. The third-order valence-electron chi connectivity index (χ3n) is 13.7. The molecule has 468 valence electrons. The normalized spacial score (nSPS) is 14.1. The molecule has 0 N–H and O–H groups in total. The number of hydrogen-bond acceptors (Lipinski definition) is 8. The van der Waals surface area contributed by atoms with Crippen LogP contribution in [-0.2, 0) is 32.7 Å². The summed E-state index contributed by atoms with van der Waals surface area (Å²) in [6.45, 7) is 4.01. The summed E-state index contributed by atoms with van der Waals surface area (Å²) in [6.07, 6.45) is 89.4. The van der Waals surface area contributed by atoms with Gasteiger partial charge in [-0.25, -0.2) is 0 Å². The maximum absolute atomic E-state index is 12.8. The van der Waals surface area contributed by atoms with Gasteiger partial charge in [-0.1, -0.05) is 270 Å². The van der Waals surface area contributed by atoms with Crippen LogP contribution in [0.4, 0.5) is 0 Å². The molecule has 9 nitrogen and oxygen atoms in total. The Hall–Kier alpha value is -3.85. The Morgan fingerprint density at radius 3 is 0.976 bits per heavy atom. The van der Waals surface area contributed by atoms with Crippen LogP contribution in [0.25, 0.3) is 0 Å².